The van der Waals surface area contributed by atoms with Gasteiger partial charge in [0.25, 0.3) is 15.7 Å². The molecule has 2 aromatic rings. The van der Waals surface area contributed by atoms with Crippen molar-refractivity contribution < 1.29 is 13.3 Å². The van der Waals surface area contributed by atoms with Crippen LogP contribution in [-0.4, -0.2) is 22.9 Å². The van der Waals surface area contributed by atoms with Crippen molar-refractivity contribution in [2.45, 2.75) is 24.9 Å². The smallest absolute Gasteiger partial charge is 0.272 e. The van der Waals surface area contributed by atoms with Gasteiger partial charge in [0.2, 0.25) is 0 Å². The van der Waals surface area contributed by atoms with Crippen LogP contribution in [0.2, 0.25) is 0 Å². The van der Waals surface area contributed by atoms with E-state index in [0.29, 0.717) is 24.4 Å². The van der Waals surface area contributed by atoms with Crippen LogP contribution in [0, 0.1) is 17.0 Å². The molecular weight excluding hydrogens is 296 g/mol. The van der Waals surface area contributed by atoms with Crippen molar-refractivity contribution in [1.82, 2.24) is 9.55 Å². The molecule has 0 spiro atoms. The summed E-state index contributed by atoms with van der Waals surface area (Å²) in [6, 6.07) is 6.43. The maximum absolute atomic E-state index is 11.2. The lowest BCUT2D eigenvalue weighted by atomic mass is 10.1. The number of rotatable bonds is 5. The van der Waals surface area contributed by atoms with E-state index in [2.05, 4.69) is 4.98 Å². The Bertz CT molecular complexity index is 782. The molecule has 9 heteroatoms. The van der Waals surface area contributed by atoms with E-state index in [-0.39, 0.29) is 10.7 Å². The molecule has 0 atom stereocenters. The molecule has 2 N–H and O–H groups in total. The quantitative estimate of drug-likeness (QED) is 0.652. The summed E-state index contributed by atoms with van der Waals surface area (Å²) in [5.41, 5.74) is 0.620. The molecular formula is C12H14N4O4S. The molecule has 21 heavy (non-hydrogen) atoms. The Hall–Kier alpha value is -2.26. The van der Waals surface area contributed by atoms with Gasteiger partial charge in [0.15, 0.2) is 5.03 Å². The standard InChI is InChI=1S/C12H14N4O4S/c1-9-14-12(21(13,19)20)8-15(9)7-6-10-4-2-3-5-11(10)16(17)18/h2-5,8H,6-7H2,1H3,(H2,13,19,20). The monoisotopic (exact) mass is 310 g/mol. The zero-order chi connectivity index (χ0) is 15.6. The number of benzene rings is 1. The van der Waals surface area contributed by atoms with Crippen molar-refractivity contribution >= 4 is 15.7 Å². The fourth-order valence-corrected chi connectivity index (χ4v) is 2.52. The van der Waals surface area contributed by atoms with Gasteiger partial charge in [0.05, 0.1) is 4.92 Å². The van der Waals surface area contributed by atoms with Gasteiger partial charge >= 0.3 is 0 Å². The normalized spacial score (nSPS) is 11.5. The van der Waals surface area contributed by atoms with Gasteiger partial charge in [-0.3, -0.25) is 10.1 Å². The highest BCUT2D eigenvalue weighted by Crippen LogP contribution is 2.19. The number of hydrogen-bond donors (Lipinski definition) is 1. The van der Waals surface area contributed by atoms with Crippen LogP contribution < -0.4 is 5.14 Å². The lowest BCUT2D eigenvalue weighted by Gasteiger charge is -2.05. The highest BCUT2D eigenvalue weighted by atomic mass is 32.2. The molecule has 1 aromatic carbocycles. The van der Waals surface area contributed by atoms with E-state index >= 15 is 0 Å². The first-order valence-corrected chi connectivity index (χ1v) is 7.62. The number of nitrogens with two attached hydrogens (primary N) is 1. The molecule has 8 nitrogen and oxygen atoms in total. The zero-order valence-electron chi connectivity index (χ0n) is 11.3. The number of imidazole rings is 1. The molecule has 0 aliphatic rings. The summed E-state index contributed by atoms with van der Waals surface area (Å²) in [5, 5.41) is 15.7. The lowest BCUT2D eigenvalue weighted by molar-refractivity contribution is -0.385. The Kier molecular flexibility index (Phi) is 4.05. The zero-order valence-corrected chi connectivity index (χ0v) is 12.1. The summed E-state index contributed by atoms with van der Waals surface area (Å²) in [4.78, 5) is 14.4. The van der Waals surface area contributed by atoms with Crippen molar-refractivity contribution in [1.29, 1.82) is 0 Å². The minimum atomic E-state index is -3.85. The van der Waals surface area contributed by atoms with E-state index in [4.69, 9.17) is 5.14 Å². The largest absolute Gasteiger partial charge is 0.333 e. The average Bonchev–Trinajstić information content (AvgIpc) is 2.78. The fraction of sp³-hybridized carbons (Fsp3) is 0.250. The highest BCUT2D eigenvalue weighted by Gasteiger charge is 2.16. The molecule has 2 rings (SSSR count). The first-order chi connectivity index (χ1) is 9.79. The van der Waals surface area contributed by atoms with Crippen molar-refractivity contribution in [3.8, 4) is 0 Å². The van der Waals surface area contributed by atoms with Crippen LogP contribution >= 0.6 is 0 Å². The van der Waals surface area contributed by atoms with Crippen LogP contribution in [-0.2, 0) is 23.0 Å². The van der Waals surface area contributed by atoms with Crippen LogP contribution in [0.3, 0.4) is 0 Å². The van der Waals surface area contributed by atoms with Crippen LogP contribution in [0.4, 0.5) is 5.69 Å². The summed E-state index contributed by atoms with van der Waals surface area (Å²) >= 11 is 0. The van der Waals surface area contributed by atoms with Crippen LogP contribution in [0.5, 0.6) is 0 Å². The fourth-order valence-electron chi connectivity index (χ4n) is 1.98. The van der Waals surface area contributed by atoms with Crippen molar-refractivity contribution in [3.63, 3.8) is 0 Å². The molecule has 112 valence electrons. The minimum Gasteiger partial charge on any atom is -0.333 e. The number of nitrogens with zero attached hydrogens (tertiary/aromatic N) is 3. The second kappa shape index (κ2) is 5.62. The Morgan fingerprint density at radius 3 is 2.62 bits per heavy atom. The third-order valence-electron chi connectivity index (χ3n) is 3.06. The van der Waals surface area contributed by atoms with Crippen molar-refractivity contribution in [2.24, 2.45) is 5.14 Å². The Morgan fingerprint density at radius 2 is 2.05 bits per heavy atom. The van der Waals surface area contributed by atoms with E-state index in [9.17, 15) is 18.5 Å². The summed E-state index contributed by atoms with van der Waals surface area (Å²) in [5.74, 6) is 0.484. The molecule has 0 bridgehead atoms. The number of primary sulfonamides is 1. The topological polar surface area (TPSA) is 121 Å². The van der Waals surface area contributed by atoms with Crippen LogP contribution in [0.25, 0.3) is 0 Å². The molecule has 0 amide bonds. The Labute approximate surface area is 121 Å². The average molecular weight is 310 g/mol. The summed E-state index contributed by atoms with van der Waals surface area (Å²) in [6.45, 7) is 2.02. The van der Waals surface area contributed by atoms with E-state index in [1.54, 1.807) is 29.7 Å². The molecule has 1 aromatic heterocycles. The van der Waals surface area contributed by atoms with E-state index in [1.165, 1.54) is 12.3 Å². The lowest BCUT2D eigenvalue weighted by Crippen LogP contribution is -2.12. The van der Waals surface area contributed by atoms with Gasteiger partial charge in [0.1, 0.15) is 5.82 Å². The number of nitro benzene ring substituents is 1. The molecule has 1 heterocycles. The van der Waals surface area contributed by atoms with Gasteiger partial charge in [-0.25, -0.2) is 18.5 Å². The number of nitro groups is 1. The van der Waals surface area contributed by atoms with Gasteiger partial charge in [0, 0.05) is 24.4 Å². The third-order valence-corrected chi connectivity index (χ3v) is 3.84. The Morgan fingerprint density at radius 1 is 1.38 bits per heavy atom. The number of para-hydroxylation sites is 1. The second-order valence-corrected chi connectivity index (χ2v) is 6.01. The maximum atomic E-state index is 11.2. The van der Waals surface area contributed by atoms with E-state index in [1.807, 2.05) is 0 Å². The summed E-state index contributed by atoms with van der Waals surface area (Å²) in [7, 11) is -3.85. The SMILES string of the molecule is Cc1nc(S(N)(=O)=O)cn1CCc1ccccc1[N+](=O)[O-]. The molecule has 0 fully saturated rings. The minimum absolute atomic E-state index is 0.0435. The Balaban J connectivity index is 2.22. The molecule has 0 saturated heterocycles. The molecule has 0 radical (unpaired) electrons. The van der Waals surface area contributed by atoms with Crippen molar-refractivity contribution in [2.75, 3.05) is 0 Å². The predicted molar refractivity (Wildman–Crippen MR) is 75.1 cm³/mol. The number of sulfonamides is 1. The third kappa shape index (κ3) is 3.44. The van der Waals surface area contributed by atoms with Gasteiger partial charge in [-0.1, -0.05) is 18.2 Å². The van der Waals surface area contributed by atoms with E-state index in [0.717, 1.165) is 0 Å². The predicted octanol–water partition coefficient (Wildman–Crippen LogP) is 0.990. The maximum Gasteiger partial charge on any atom is 0.272 e. The van der Waals surface area contributed by atoms with Gasteiger partial charge in [-0.2, -0.15) is 0 Å². The van der Waals surface area contributed by atoms with Crippen molar-refractivity contribution in [3.05, 3.63) is 52.0 Å². The summed E-state index contributed by atoms with van der Waals surface area (Å²) < 4.78 is 24.1. The number of aromatic nitrogens is 2. The first kappa shape index (κ1) is 15.1. The van der Waals surface area contributed by atoms with Gasteiger partial charge in [-0.05, 0) is 13.3 Å². The molecule has 0 aliphatic heterocycles. The molecule has 0 aliphatic carbocycles. The molecule has 0 unspecified atom stereocenters. The first-order valence-electron chi connectivity index (χ1n) is 6.08. The second-order valence-electron chi connectivity index (χ2n) is 4.50. The number of aryl methyl sites for hydroxylation is 3. The van der Waals surface area contributed by atoms with E-state index < -0.39 is 14.9 Å². The van der Waals surface area contributed by atoms with Crippen LogP contribution in [0.15, 0.2) is 35.5 Å². The molecule has 0 saturated carbocycles. The summed E-state index contributed by atoms with van der Waals surface area (Å²) in [6.07, 6.45) is 1.72. The van der Waals surface area contributed by atoms with Gasteiger partial charge < -0.3 is 4.57 Å². The van der Waals surface area contributed by atoms with Crippen LogP contribution in [0.1, 0.15) is 11.4 Å². The van der Waals surface area contributed by atoms with Gasteiger partial charge in [-0.15, -0.1) is 0 Å². The number of hydrogen-bond acceptors (Lipinski definition) is 5. The highest BCUT2D eigenvalue weighted by molar-refractivity contribution is 7.89.